The molecule has 0 aliphatic heterocycles. The summed E-state index contributed by atoms with van der Waals surface area (Å²) in [7, 11) is 1.63. The van der Waals surface area contributed by atoms with Gasteiger partial charge in [-0.05, 0) is 43.5 Å². The number of hydrogen-bond acceptors (Lipinski definition) is 6. The van der Waals surface area contributed by atoms with Crippen LogP contribution in [0.5, 0.6) is 5.75 Å². The van der Waals surface area contributed by atoms with Crippen molar-refractivity contribution in [3.63, 3.8) is 0 Å². The van der Waals surface area contributed by atoms with Crippen molar-refractivity contribution in [1.29, 1.82) is 0 Å². The highest BCUT2D eigenvalue weighted by Gasteiger charge is 2.20. The molecule has 1 aliphatic rings. The van der Waals surface area contributed by atoms with Gasteiger partial charge in [0.05, 0.1) is 17.5 Å². The SMILES string of the molecule is COc1ccc(CNc2nc(C3CCCCC3)nc3sc(C)cc23)cc1Cl.O=C(O)O. The number of aromatic nitrogens is 2. The van der Waals surface area contributed by atoms with Crippen LogP contribution < -0.4 is 10.1 Å². The predicted molar refractivity (Wildman–Crippen MR) is 124 cm³/mol. The van der Waals surface area contributed by atoms with Crippen LogP contribution >= 0.6 is 22.9 Å². The summed E-state index contributed by atoms with van der Waals surface area (Å²) in [5.74, 6) is 3.11. The first kappa shape index (κ1) is 23.1. The fourth-order valence-corrected chi connectivity index (χ4v) is 4.91. The zero-order valence-corrected chi connectivity index (χ0v) is 19.1. The van der Waals surface area contributed by atoms with Crippen molar-refractivity contribution >= 4 is 45.1 Å². The van der Waals surface area contributed by atoms with Gasteiger partial charge in [0.15, 0.2) is 0 Å². The van der Waals surface area contributed by atoms with Crippen LogP contribution in [0.4, 0.5) is 10.6 Å². The maximum Gasteiger partial charge on any atom is 0.503 e. The minimum Gasteiger partial charge on any atom is -0.495 e. The van der Waals surface area contributed by atoms with Gasteiger partial charge in [-0.1, -0.05) is 36.9 Å². The Morgan fingerprint density at radius 3 is 2.58 bits per heavy atom. The van der Waals surface area contributed by atoms with Gasteiger partial charge in [-0.25, -0.2) is 14.8 Å². The number of carbonyl (C=O) groups is 1. The fraction of sp³-hybridized carbons (Fsp3) is 0.409. The molecule has 31 heavy (non-hydrogen) atoms. The molecule has 0 unspecified atom stereocenters. The first-order valence-electron chi connectivity index (χ1n) is 10.1. The first-order chi connectivity index (χ1) is 14.9. The molecule has 2 heterocycles. The van der Waals surface area contributed by atoms with Gasteiger partial charge in [-0.3, -0.25) is 0 Å². The molecule has 0 atom stereocenters. The van der Waals surface area contributed by atoms with E-state index in [1.807, 2.05) is 18.2 Å². The second-order valence-corrected chi connectivity index (χ2v) is 9.09. The minimum atomic E-state index is -1.83. The Morgan fingerprint density at radius 2 is 1.94 bits per heavy atom. The van der Waals surface area contributed by atoms with Gasteiger partial charge >= 0.3 is 6.16 Å². The number of anilines is 1. The summed E-state index contributed by atoms with van der Waals surface area (Å²) in [6, 6.07) is 8.04. The number of nitrogens with one attached hydrogen (secondary N) is 1. The normalized spacial score (nSPS) is 14.0. The number of nitrogens with zero attached hydrogens (tertiary/aromatic N) is 2. The largest absolute Gasteiger partial charge is 0.503 e. The molecule has 2 aromatic heterocycles. The Bertz CT molecular complexity index is 1050. The lowest BCUT2D eigenvalue weighted by molar-refractivity contribution is 0.137. The number of hydrogen-bond donors (Lipinski definition) is 3. The number of thiophene rings is 1. The van der Waals surface area contributed by atoms with Crippen LogP contribution in [0, 0.1) is 6.92 Å². The van der Waals surface area contributed by atoms with E-state index in [4.69, 9.17) is 41.3 Å². The number of ether oxygens (including phenoxy) is 1. The molecule has 166 valence electrons. The molecule has 9 heteroatoms. The molecule has 1 aliphatic carbocycles. The van der Waals surface area contributed by atoms with Crippen molar-refractivity contribution in [2.45, 2.75) is 51.5 Å². The van der Waals surface area contributed by atoms with Crippen molar-refractivity contribution in [1.82, 2.24) is 9.97 Å². The smallest absolute Gasteiger partial charge is 0.495 e. The summed E-state index contributed by atoms with van der Waals surface area (Å²) in [5, 5.41) is 19.2. The van der Waals surface area contributed by atoms with E-state index >= 15 is 0 Å². The lowest BCUT2D eigenvalue weighted by Crippen LogP contribution is -2.11. The molecule has 0 amide bonds. The molecular formula is C22H26ClN3O4S. The lowest BCUT2D eigenvalue weighted by atomic mass is 9.89. The number of methoxy groups -OCH3 is 1. The molecule has 3 N–H and O–H groups in total. The topological polar surface area (TPSA) is 105 Å². The van der Waals surface area contributed by atoms with Crippen LogP contribution in [0.1, 0.15) is 54.3 Å². The molecule has 0 radical (unpaired) electrons. The van der Waals surface area contributed by atoms with E-state index in [1.165, 1.54) is 37.0 Å². The summed E-state index contributed by atoms with van der Waals surface area (Å²) < 4.78 is 5.23. The highest BCUT2D eigenvalue weighted by Crippen LogP contribution is 2.35. The monoisotopic (exact) mass is 463 g/mol. The molecule has 4 rings (SSSR count). The Morgan fingerprint density at radius 1 is 1.23 bits per heavy atom. The standard InChI is InChI=1S/C21H24ClN3OS.CH2O3/c1-13-10-16-20(23-12-14-8-9-18(26-2)17(22)11-14)24-19(25-21(16)27-13)15-6-4-3-5-7-15;2-1(3)4/h8-11,15H,3-7,12H2,1-2H3,(H,23,24,25);(H2,2,3,4). The number of halogens is 1. The fourth-order valence-electron chi connectivity index (χ4n) is 3.74. The Hall–Kier alpha value is -2.58. The van der Waals surface area contributed by atoms with Crippen LogP contribution in [0.15, 0.2) is 24.3 Å². The average molecular weight is 464 g/mol. The molecule has 0 bridgehead atoms. The second kappa shape index (κ2) is 10.6. The maximum atomic E-state index is 8.56. The van der Waals surface area contributed by atoms with Crippen LogP contribution in [-0.2, 0) is 6.54 Å². The van der Waals surface area contributed by atoms with E-state index in [2.05, 4.69) is 18.3 Å². The van der Waals surface area contributed by atoms with Gasteiger partial charge in [-0.2, -0.15) is 0 Å². The predicted octanol–water partition coefficient (Wildman–Crippen LogP) is 6.54. The molecule has 1 aromatic carbocycles. The molecule has 0 saturated heterocycles. The van der Waals surface area contributed by atoms with Crippen molar-refractivity contribution in [2.75, 3.05) is 12.4 Å². The summed E-state index contributed by atoms with van der Waals surface area (Å²) in [6.45, 7) is 2.79. The van der Waals surface area contributed by atoms with E-state index in [-0.39, 0.29) is 0 Å². The van der Waals surface area contributed by atoms with Gasteiger partial charge in [-0.15, -0.1) is 11.3 Å². The highest BCUT2D eigenvalue weighted by atomic mass is 35.5. The third-order valence-corrected chi connectivity index (χ3v) is 6.42. The molecule has 1 fully saturated rings. The van der Waals surface area contributed by atoms with Crippen molar-refractivity contribution in [3.05, 3.63) is 45.6 Å². The van der Waals surface area contributed by atoms with Gasteiger partial charge in [0.2, 0.25) is 0 Å². The Labute approximate surface area is 190 Å². The van der Waals surface area contributed by atoms with Crippen molar-refractivity contribution in [3.8, 4) is 5.75 Å². The van der Waals surface area contributed by atoms with E-state index in [0.29, 0.717) is 23.2 Å². The molecule has 0 spiro atoms. The van der Waals surface area contributed by atoms with E-state index in [1.54, 1.807) is 18.4 Å². The maximum absolute atomic E-state index is 8.56. The van der Waals surface area contributed by atoms with Crippen molar-refractivity contribution in [2.24, 2.45) is 0 Å². The van der Waals surface area contributed by atoms with Crippen molar-refractivity contribution < 1.29 is 19.7 Å². The van der Waals surface area contributed by atoms with Gasteiger partial charge in [0, 0.05) is 17.3 Å². The second-order valence-electron chi connectivity index (χ2n) is 7.45. The zero-order chi connectivity index (χ0) is 22.4. The van der Waals surface area contributed by atoms with Gasteiger partial charge < -0.3 is 20.3 Å². The summed E-state index contributed by atoms with van der Waals surface area (Å²) in [6.07, 6.45) is 4.46. The summed E-state index contributed by atoms with van der Waals surface area (Å²) >= 11 is 8.00. The number of benzene rings is 1. The number of rotatable bonds is 5. The Balaban J connectivity index is 0.000000628. The zero-order valence-electron chi connectivity index (χ0n) is 17.5. The number of fused-ring (bicyclic) bond motifs is 1. The van der Waals surface area contributed by atoms with E-state index in [0.717, 1.165) is 27.4 Å². The summed E-state index contributed by atoms with van der Waals surface area (Å²) in [4.78, 5) is 20.7. The average Bonchev–Trinajstić information content (AvgIpc) is 3.12. The highest BCUT2D eigenvalue weighted by molar-refractivity contribution is 7.18. The first-order valence-corrected chi connectivity index (χ1v) is 11.3. The van der Waals surface area contributed by atoms with Crippen LogP contribution in [0.25, 0.3) is 10.2 Å². The molecule has 7 nitrogen and oxygen atoms in total. The Kier molecular flexibility index (Phi) is 7.92. The number of aryl methyl sites for hydroxylation is 1. The van der Waals surface area contributed by atoms with E-state index in [9.17, 15) is 0 Å². The van der Waals surface area contributed by atoms with E-state index < -0.39 is 6.16 Å². The lowest BCUT2D eigenvalue weighted by Gasteiger charge is -2.21. The van der Waals surface area contributed by atoms with Gasteiger partial charge in [0.25, 0.3) is 0 Å². The van der Waals surface area contributed by atoms with Crippen LogP contribution in [-0.4, -0.2) is 33.4 Å². The van der Waals surface area contributed by atoms with Crippen LogP contribution in [0.3, 0.4) is 0 Å². The summed E-state index contributed by atoms with van der Waals surface area (Å²) in [5.41, 5.74) is 1.10. The molecule has 1 saturated carbocycles. The molecule has 3 aromatic rings. The third kappa shape index (κ3) is 6.21. The van der Waals surface area contributed by atoms with Gasteiger partial charge in [0.1, 0.15) is 22.2 Å². The quantitative estimate of drug-likeness (QED) is 0.394. The minimum absolute atomic E-state index is 0.488. The van der Waals surface area contributed by atoms with Crippen LogP contribution in [0.2, 0.25) is 5.02 Å². The molecular weight excluding hydrogens is 438 g/mol. The number of carboxylic acid groups (broad SMARTS) is 2. The third-order valence-electron chi connectivity index (χ3n) is 5.18.